The second-order valence-electron chi connectivity index (χ2n) is 7.29. The average molecular weight is 343 g/mol. The molecular formula is C22H46O2. The SMILES string of the molecule is CCCCCCCCCCCCCCCOCCC(CCC)OC. The summed E-state index contributed by atoms with van der Waals surface area (Å²) in [6.45, 7) is 6.29. The molecule has 0 aromatic heterocycles. The van der Waals surface area contributed by atoms with E-state index in [9.17, 15) is 0 Å². The molecule has 1 unspecified atom stereocenters. The average Bonchev–Trinajstić information content (AvgIpc) is 2.60. The maximum atomic E-state index is 5.73. The van der Waals surface area contributed by atoms with E-state index in [-0.39, 0.29) is 0 Å². The highest BCUT2D eigenvalue weighted by atomic mass is 16.5. The molecule has 146 valence electrons. The third kappa shape index (κ3) is 18.3. The molecule has 0 heterocycles. The minimum Gasteiger partial charge on any atom is -0.381 e. The van der Waals surface area contributed by atoms with E-state index in [2.05, 4.69) is 13.8 Å². The van der Waals surface area contributed by atoms with E-state index >= 15 is 0 Å². The highest BCUT2D eigenvalue weighted by Crippen LogP contribution is 2.12. The maximum Gasteiger partial charge on any atom is 0.0593 e. The Kier molecular flexibility index (Phi) is 20.9. The fourth-order valence-corrected chi connectivity index (χ4v) is 3.24. The van der Waals surface area contributed by atoms with Crippen LogP contribution in [-0.4, -0.2) is 26.4 Å². The number of ether oxygens (including phenoxy) is 2. The highest BCUT2D eigenvalue weighted by molar-refractivity contribution is 4.56. The first-order chi connectivity index (χ1) is 11.8. The Labute approximate surface area is 153 Å². The summed E-state index contributed by atoms with van der Waals surface area (Å²) in [5.74, 6) is 0. The molecule has 0 radical (unpaired) electrons. The van der Waals surface area contributed by atoms with Crippen molar-refractivity contribution in [3.05, 3.63) is 0 Å². The highest BCUT2D eigenvalue weighted by Gasteiger charge is 2.05. The molecule has 24 heavy (non-hydrogen) atoms. The van der Waals surface area contributed by atoms with Gasteiger partial charge in [-0.05, 0) is 19.3 Å². The molecule has 0 aromatic carbocycles. The second-order valence-corrected chi connectivity index (χ2v) is 7.29. The van der Waals surface area contributed by atoms with Crippen LogP contribution in [0.2, 0.25) is 0 Å². The van der Waals surface area contributed by atoms with Gasteiger partial charge in [-0.2, -0.15) is 0 Å². The van der Waals surface area contributed by atoms with Crippen LogP contribution in [0.5, 0.6) is 0 Å². The van der Waals surface area contributed by atoms with Gasteiger partial charge in [-0.15, -0.1) is 0 Å². The lowest BCUT2D eigenvalue weighted by Crippen LogP contribution is -2.13. The van der Waals surface area contributed by atoms with Gasteiger partial charge in [-0.1, -0.05) is 97.3 Å². The van der Waals surface area contributed by atoms with Crippen molar-refractivity contribution < 1.29 is 9.47 Å². The molecule has 1 atom stereocenters. The van der Waals surface area contributed by atoms with E-state index in [1.54, 1.807) is 0 Å². The summed E-state index contributed by atoms with van der Waals surface area (Å²) < 4.78 is 11.2. The van der Waals surface area contributed by atoms with Crippen molar-refractivity contribution in [2.24, 2.45) is 0 Å². The minimum absolute atomic E-state index is 0.390. The van der Waals surface area contributed by atoms with Crippen LogP contribution in [0, 0.1) is 0 Å². The zero-order valence-corrected chi connectivity index (χ0v) is 17.1. The van der Waals surface area contributed by atoms with Gasteiger partial charge in [0.2, 0.25) is 0 Å². The minimum atomic E-state index is 0.390. The van der Waals surface area contributed by atoms with E-state index in [1.165, 1.54) is 89.9 Å². The molecule has 0 spiro atoms. The Morgan fingerprint density at radius 3 is 1.50 bits per heavy atom. The maximum absolute atomic E-state index is 5.73. The summed E-state index contributed by atoms with van der Waals surface area (Å²) in [5.41, 5.74) is 0. The lowest BCUT2D eigenvalue weighted by Gasteiger charge is -2.14. The van der Waals surface area contributed by atoms with Crippen molar-refractivity contribution in [2.75, 3.05) is 20.3 Å². The van der Waals surface area contributed by atoms with E-state index in [4.69, 9.17) is 9.47 Å². The molecule has 0 aliphatic heterocycles. The normalized spacial score (nSPS) is 12.6. The Bertz CT molecular complexity index is 218. The van der Waals surface area contributed by atoms with Crippen LogP contribution in [0.25, 0.3) is 0 Å². The molecule has 0 aliphatic rings. The number of hydrogen-bond donors (Lipinski definition) is 0. The third-order valence-electron chi connectivity index (χ3n) is 4.92. The van der Waals surface area contributed by atoms with Gasteiger partial charge in [0.05, 0.1) is 6.10 Å². The quantitative estimate of drug-likeness (QED) is 0.216. The van der Waals surface area contributed by atoms with Crippen molar-refractivity contribution in [1.29, 1.82) is 0 Å². The van der Waals surface area contributed by atoms with Gasteiger partial charge in [0.1, 0.15) is 0 Å². The summed E-state index contributed by atoms with van der Waals surface area (Å²) in [5, 5.41) is 0. The molecule has 0 saturated heterocycles. The van der Waals surface area contributed by atoms with Gasteiger partial charge in [0.25, 0.3) is 0 Å². The van der Waals surface area contributed by atoms with Crippen LogP contribution in [0.15, 0.2) is 0 Å². The Morgan fingerprint density at radius 2 is 1.04 bits per heavy atom. The van der Waals surface area contributed by atoms with E-state index < -0.39 is 0 Å². The molecule has 2 nitrogen and oxygen atoms in total. The summed E-state index contributed by atoms with van der Waals surface area (Å²) in [6.07, 6.45) is 22.1. The first-order valence-electron chi connectivity index (χ1n) is 11.0. The number of hydrogen-bond acceptors (Lipinski definition) is 2. The summed E-state index contributed by atoms with van der Waals surface area (Å²) in [7, 11) is 1.81. The van der Waals surface area contributed by atoms with Gasteiger partial charge in [-0.25, -0.2) is 0 Å². The van der Waals surface area contributed by atoms with Gasteiger partial charge < -0.3 is 9.47 Å². The largest absolute Gasteiger partial charge is 0.381 e. The van der Waals surface area contributed by atoms with E-state index in [1.807, 2.05) is 7.11 Å². The lowest BCUT2D eigenvalue weighted by atomic mass is 10.0. The molecule has 0 amide bonds. The third-order valence-corrected chi connectivity index (χ3v) is 4.92. The Balaban J connectivity index is 3.07. The van der Waals surface area contributed by atoms with Crippen molar-refractivity contribution in [3.63, 3.8) is 0 Å². The molecular weight excluding hydrogens is 296 g/mol. The van der Waals surface area contributed by atoms with Gasteiger partial charge >= 0.3 is 0 Å². The van der Waals surface area contributed by atoms with Gasteiger partial charge in [0, 0.05) is 20.3 Å². The van der Waals surface area contributed by atoms with Gasteiger partial charge in [0.15, 0.2) is 0 Å². The monoisotopic (exact) mass is 342 g/mol. The zero-order chi connectivity index (χ0) is 17.7. The molecule has 0 saturated carbocycles. The van der Waals surface area contributed by atoms with Crippen LogP contribution in [0.3, 0.4) is 0 Å². The number of unbranched alkanes of at least 4 members (excludes halogenated alkanes) is 12. The predicted molar refractivity (Wildman–Crippen MR) is 107 cm³/mol. The summed E-state index contributed by atoms with van der Waals surface area (Å²) >= 11 is 0. The van der Waals surface area contributed by atoms with Gasteiger partial charge in [-0.3, -0.25) is 0 Å². The molecule has 0 bridgehead atoms. The predicted octanol–water partition coefficient (Wildman–Crippen LogP) is 7.30. The second kappa shape index (κ2) is 21.0. The summed E-state index contributed by atoms with van der Waals surface area (Å²) in [6, 6.07) is 0. The van der Waals surface area contributed by atoms with Crippen molar-refractivity contribution in [3.8, 4) is 0 Å². The molecule has 0 N–H and O–H groups in total. The number of methoxy groups -OCH3 is 1. The van der Waals surface area contributed by atoms with Crippen molar-refractivity contribution in [1.82, 2.24) is 0 Å². The lowest BCUT2D eigenvalue weighted by molar-refractivity contribution is 0.0459. The molecule has 0 aliphatic carbocycles. The Morgan fingerprint density at radius 1 is 0.542 bits per heavy atom. The van der Waals surface area contributed by atoms with Crippen molar-refractivity contribution >= 4 is 0 Å². The fourth-order valence-electron chi connectivity index (χ4n) is 3.24. The molecule has 0 fully saturated rings. The van der Waals surface area contributed by atoms with Crippen molar-refractivity contribution in [2.45, 2.75) is 123 Å². The Hall–Kier alpha value is -0.0800. The number of rotatable bonds is 20. The van der Waals surface area contributed by atoms with Crippen LogP contribution < -0.4 is 0 Å². The van der Waals surface area contributed by atoms with Crippen LogP contribution in [0.4, 0.5) is 0 Å². The topological polar surface area (TPSA) is 18.5 Å². The van der Waals surface area contributed by atoms with Crippen LogP contribution in [-0.2, 0) is 9.47 Å². The van der Waals surface area contributed by atoms with Crippen LogP contribution >= 0.6 is 0 Å². The zero-order valence-electron chi connectivity index (χ0n) is 17.1. The smallest absolute Gasteiger partial charge is 0.0593 e. The molecule has 0 aromatic rings. The standard InChI is InChI=1S/C22H46O2/c1-4-6-7-8-9-10-11-12-13-14-15-16-17-20-24-21-19-22(23-3)18-5-2/h22H,4-21H2,1-3H3. The fraction of sp³-hybridized carbons (Fsp3) is 1.00. The molecule has 2 heteroatoms. The van der Waals surface area contributed by atoms with E-state index in [0.717, 1.165) is 26.1 Å². The summed E-state index contributed by atoms with van der Waals surface area (Å²) in [4.78, 5) is 0. The molecule has 0 rings (SSSR count). The first-order valence-corrected chi connectivity index (χ1v) is 11.0. The first kappa shape index (κ1) is 23.9. The van der Waals surface area contributed by atoms with Crippen LogP contribution in [0.1, 0.15) is 117 Å². The van der Waals surface area contributed by atoms with E-state index in [0.29, 0.717) is 6.10 Å².